The highest BCUT2D eigenvalue weighted by molar-refractivity contribution is 5.95. The van der Waals surface area contributed by atoms with Crippen molar-refractivity contribution in [2.45, 2.75) is 13.1 Å². The molecule has 1 aliphatic rings. The summed E-state index contributed by atoms with van der Waals surface area (Å²) in [6.07, 6.45) is 1.50. The van der Waals surface area contributed by atoms with Crippen LogP contribution in [-0.4, -0.2) is 24.3 Å². The number of nitrogens with zero attached hydrogens (tertiary/aromatic N) is 2. The van der Waals surface area contributed by atoms with Crippen molar-refractivity contribution in [2.24, 2.45) is 5.10 Å². The summed E-state index contributed by atoms with van der Waals surface area (Å²) in [5.41, 5.74) is 7.51. The standard InChI is InChI=1S/C23H21N3O3/c1-29-22-12-16(6-11-21(22)27)13-24-25-23(28)17-7-9-20(10-8-17)26-14-18-4-2-3-5-19(18)15-26/h2-13,27H,14-15H2,1H3,(H,25,28)/b24-13-. The Morgan fingerprint density at radius 1 is 1.07 bits per heavy atom. The Morgan fingerprint density at radius 3 is 2.41 bits per heavy atom. The average molecular weight is 387 g/mol. The molecule has 0 aliphatic carbocycles. The zero-order valence-electron chi connectivity index (χ0n) is 16.0. The number of amides is 1. The van der Waals surface area contributed by atoms with E-state index >= 15 is 0 Å². The van der Waals surface area contributed by atoms with E-state index in [2.05, 4.69) is 39.7 Å². The Morgan fingerprint density at radius 2 is 1.76 bits per heavy atom. The minimum absolute atomic E-state index is 0.0508. The van der Waals surface area contributed by atoms with Gasteiger partial charge in [0.2, 0.25) is 0 Å². The lowest BCUT2D eigenvalue weighted by atomic mass is 10.1. The van der Waals surface area contributed by atoms with Crippen molar-refractivity contribution in [1.29, 1.82) is 0 Å². The molecule has 1 amide bonds. The van der Waals surface area contributed by atoms with E-state index in [-0.39, 0.29) is 11.7 Å². The van der Waals surface area contributed by atoms with Crippen LogP contribution in [-0.2, 0) is 13.1 Å². The quantitative estimate of drug-likeness (QED) is 0.517. The van der Waals surface area contributed by atoms with Crippen molar-refractivity contribution in [3.8, 4) is 11.5 Å². The minimum atomic E-state index is -0.289. The summed E-state index contributed by atoms with van der Waals surface area (Å²) >= 11 is 0. The SMILES string of the molecule is COc1cc(/C=N\NC(=O)c2ccc(N3Cc4ccccc4C3)cc2)ccc1O. The largest absolute Gasteiger partial charge is 0.504 e. The van der Waals surface area contributed by atoms with E-state index < -0.39 is 0 Å². The highest BCUT2D eigenvalue weighted by Crippen LogP contribution is 2.28. The fraction of sp³-hybridized carbons (Fsp3) is 0.130. The molecule has 2 N–H and O–H groups in total. The topological polar surface area (TPSA) is 74.2 Å². The number of benzene rings is 3. The number of phenols is 1. The van der Waals surface area contributed by atoms with Gasteiger partial charge in [0.15, 0.2) is 11.5 Å². The molecule has 0 radical (unpaired) electrons. The predicted molar refractivity (Wildman–Crippen MR) is 112 cm³/mol. The van der Waals surface area contributed by atoms with Crippen molar-refractivity contribution in [2.75, 3.05) is 12.0 Å². The Balaban J connectivity index is 1.37. The lowest BCUT2D eigenvalue weighted by Crippen LogP contribution is -2.18. The monoisotopic (exact) mass is 387 g/mol. The molecule has 0 saturated carbocycles. The number of ether oxygens (including phenoxy) is 1. The molecule has 6 heteroatoms. The van der Waals surface area contributed by atoms with Crippen LogP contribution in [0.3, 0.4) is 0 Å². The number of phenolic OH excluding ortho intramolecular Hbond substituents is 1. The van der Waals surface area contributed by atoms with Crippen LogP contribution < -0.4 is 15.1 Å². The van der Waals surface area contributed by atoms with E-state index in [1.54, 1.807) is 24.3 Å². The second-order valence-electron chi connectivity index (χ2n) is 6.80. The Kier molecular flexibility index (Phi) is 5.16. The molecular formula is C23H21N3O3. The molecule has 0 spiro atoms. The van der Waals surface area contributed by atoms with E-state index in [0.29, 0.717) is 16.9 Å². The highest BCUT2D eigenvalue weighted by atomic mass is 16.5. The van der Waals surface area contributed by atoms with Gasteiger partial charge in [-0.05, 0) is 59.2 Å². The molecule has 0 aromatic heterocycles. The first-order valence-corrected chi connectivity index (χ1v) is 9.26. The van der Waals surface area contributed by atoms with E-state index in [9.17, 15) is 9.90 Å². The summed E-state index contributed by atoms with van der Waals surface area (Å²) in [4.78, 5) is 14.6. The second kappa shape index (κ2) is 8.06. The van der Waals surface area contributed by atoms with Crippen molar-refractivity contribution in [1.82, 2.24) is 5.43 Å². The van der Waals surface area contributed by atoms with Crippen LogP contribution in [0.2, 0.25) is 0 Å². The number of fused-ring (bicyclic) bond motifs is 1. The number of aromatic hydroxyl groups is 1. The number of carbonyl (C=O) groups excluding carboxylic acids is 1. The third kappa shape index (κ3) is 4.06. The second-order valence-corrected chi connectivity index (χ2v) is 6.80. The molecule has 0 bridgehead atoms. The molecule has 3 aromatic rings. The lowest BCUT2D eigenvalue weighted by molar-refractivity contribution is 0.0955. The molecule has 0 unspecified atom stereocenters. The maximum atomic E-state index is 12.3. The van der Waals surface area contributed by atoms with Gasteiger partial charge in [-0.15, -0.1) is 0 Å². The van der Waals surface area contributed by atoms with Gasteiger partial charge in [-0.1, -0.05) is 24.3 Å². The smallest absolute Gasteiger partial charge is 0.271 e. The van der Waals surface area contributed by atoms with Crippen molar-refractivity contribution in [3.05, 3.63) is 89.0 Å². The normalized spacial score (nSPS) is 12.8. The molecule has 0 fully saturated rings. The van der Waals surface area contributed by atoms with Crippen LogP contribution in [0, 0.1) is 0 Å². The molecule has 0 saturated heterocycles. The van der Waals surface area contributed by atoms with E-state index in [4.69, 9.17) is 4.74 Å². The van der Waals surface area contributed by atoms with Crippen LogP contribution in [0.4, 0.5) is 5.69 Å². The van der Waals surface area contributed by atoms with Crippen LogP contribution in [0.1, 0.15) is 27.0 Å². The predicted octanol–water partition coefficient (Wildman–Crippen LogP) is 3.68. The summed E-state index contributed by atoms with van der Waals surface area (Å²) < 4.78 is 5.05. The molecule has 0 atom stereocenters. The van der Waals surface area contributed by atoms with Gasteiger partial charge in [-0.3, -0.25) is 4.79 Å². The number of rotatable bonds is 5. The molecule has 146 valence electrons. The maximum absolute atomic E-state index is 12.3. The van der Waals surface area contributed by atoms with Crippen LogP contribution in [0.15, 0.2) is 71.8 Å². The highest BCUT2D eigenvalue weighted by Gasteiger charge is 2.18. The van der Waals surface area contributed by atoms with Gasteiger partial charge in [-0.2, -0.15) is 5.10 Å². The van der Waals surface area contributed by atoms with Crippen LogP contribution in [0.5, 0.6) is 11.5 Å². The Labute approximate surface area is 169 Å². The Bertz CT molecular complexity index is 1040. The fourth-order valence-corrected chi connectivity index (χ4v) is 3.34. The summed E-state index contributed by atoms with van der Waals surface area (Å²) in [5, 5.41) is 13.6. The molecule has 6 nitrogen and oxygen atoms in total. The third-order valence-electron chi connectivity index (χ3n) is 4.92. The summed E-state index contributed by atoms with van der Waals surface area (Å²) in [7, 11) is 1.47. The van der Waals surface area contributed by atoms with Gasteiger partial charge >= 0.3 is 0 Å². The van der Waals surface area contributed by atoms with Gasteiger partial charge in [0, 0.05) is 24.3 Å². The van der Waals surface area contributed by atoms with Gasteiger partial charge in [0.05, 0.1) is 13.3 Å². The van der Waals surface area contributed by atoms with E-state index in [1.807, 2.05) is 12.1 Å². The van der Waals surface area contributed by atoms with Gasteiger partial charge in [0.1, 0.15) is 0 Å². The minimum Gasteiger partial charge on any atom is -0.504 e. The van der Waals surface area contributed by atoms with Crippen molar-refractivity contribution < 1.29 is 14.6 Å². The van der Waals surface area contributed by atoms with Crippen LogP contribution in [0.25, 0.3) is 0 Å². The number of carbonyl (C=O) groups is 1. The van der Waals surface area contributed by atoms with Gasteiger partial charge in [0.25, 0.3) is 5.91 Å². The van der Waals surface area contributed by atoms with Crippen molar-refractivity contribution >= 4 is 17.8 Å². The van der Waals surface area contributed by atoms with Gasteiger partial charge in [-0.25, -0.2) is 5.43 Å². The number of methoxy groups -OCH3 is 1. The van der Waals surface area contributed by atoms with Crippen molar-refractivity contribution in [3.63, 3.8) is 0 Å². The number of hydrazone groups is 1. The molecule has 29 heavy (non-hydrogen) atoms. The fourth-order valence-electron chi connectivity index (χ4n) is 3.34. The first-order valence-electron chi connectivity index (χ1n) is 9.26. The number of hydrogen-bond donors (Lipinski definition) is 2. The molecular weight excluding hydrogens is 366 g/mol. The first kappa shape index (κ1) is 18.6. The first-order chi connectivity index (χ1) is 14.1. The third-order valence-corrected chi connectivity index (χ3v) is 4.92. The maximum Gasteiger partial charge on any atom is 0.271 e. The van der Waals surface area contributed by atoms with E-state index in [0.717, 1.165) is 18.8 Å². The average Bonchev–Trinajstić information content (AvgIpc) is 3.19. The molecule has 1 heterocycles. The van der Waals surface area contributed by atoms with Crippen LogP contribution >= 0.6 is 0 Å². The number of nitrogens with one attached hydrogen (secondary N) is 1. The number of anilines is 1. The molecule has 1 aliphatic heterocycles. The molecule has 3 aromatic carbocycles. The summed E-state index contributed by atoms with van der Waals surface area (Å²) in [6, 6.07) is 20.7. The molecule has 4 rings (SSSR count). The van der Waals surface area contributed by atoms with E-state index in [1.165, 1.54) is 30.5 Å². The Hall–Kier alpha value is -3.80. The summed E-state index contributed by atoms with van der Waals surface area (Å²) in [6.45, 7) is 1.75. The van der Waals surface area contributed by atoms with Gasteiger partial charge < -0.3 is 14.7 Å². The zero-order valence-corrected chi connectivity index (χ0v) is 16.0. The zero-order chi connectivity index (χ0) is 20.2. The summed E-state index contributed by atoms with van der Waals surface area (Å²) in [5.74, 6) is 0.109. The number of hydrogen-bond acceptors (Lipinski definition) is 5. The lowest BCUT2D eigenvalue weighted by Gasteiger charge is -2.17.